The smallest absolute Gasteiger partial charge is 0.190 e. The second-order valence-electron chi connectivity index (χ2n) is 9.86. The van der Waals surface area contributed by atoms with Gasteiger partial charge in [0.1, 0.15) is 11.4 Å². The fraction of sp³-hybridized carbons (Fsp3) is 0.0882. The van der Waals surface area contributed by atoms with Gasteiger partial charge in [0.05, 0.1) is 39.5 Å². The summed E-state index contributed by atoms with van der Waals surface area (Å²) in [5.74, 6) is -0.228. The van der Waals surface area contributed by atoms with Gasteiger partial charge < -0.3 is 22.4 Å². The molecule has 41 heavy (non-hydrogen) atoms. The van der Waals surface area contributed by atoms with E-state index < -0.39 is 0 Å². The number of aliphatic imine (C=N–C) groups is 1. The van der Waals surface area contributed by atoms with Crippen LogP contribution in [-0.2, 0) is 0 Å². The highest BCUT2D eigenvalue weighted by atomic mass is 35.5. The lowest BCUT2D eigenvalue weighted by molar-refractivity contribution is -0.00000883. The molecule has 0 spiro atoms. The summed E-state index contributed by atoms with van der Waals surface area (Å²) in [7, 11) is 0. The summed E-state index contributed by atoms with van der Waals surface area (Å²) < 4.78 is 12.8. The Morgan fingerprint density at radius 3 is 1.56 bits per heavy atom. The normalized spacial score (nSPS) is 13.5. The number of fused-ring (bicyclic) bond motifs is 8. The van der Waals surface area contributed by atoms with Crippen molar-refractivity contribution >= 4 is 52.1 Å². The minimum Gasteiger partial charge on any atom is -1.00 e. The van der Waals surface area contributed by atoms with Crippen LogP contribution in [0.2, 0.25) is 0 Å². The van der Waals surface area contributed by atoms with Crippen molar-refractivity contribution in [3.63, 3.8) is 0 Å². The topological polar surface area (TPSA) is 69.7 Å². The molecular formula is C34H27ClFN5. The SMILES string of the molecule is C1=Cc2cc3ccc(cc4ccc(cc5nc(cc1n2)C=C5)[nH]4)[nH]3.CC1=[C+]N=C(c2ccc(F)cc2)C(C)=C1C.[Cl-]. The van der Waals surface area contributed by atoms with Crippen LogP contribution >= 0.6 is 0 Å². The molecule has 0 unspecified atom stereocenters. The predicted octanol–water partition coefficient (Wildman–Crippen LogP) is 5.33. The van der Waals surface area contributed by atoms with Gasteiger partial charge in [0.25, 0.3) is 0 Å². The molecule has 6 heterocycles. The molecule has 8 bridgehead atoms. The second-order valence-corrected chi connectivity index (χ2v) is 9.86. The Morgan fingerprint density at radius 1 is 0.585 bits per heavy atom. The van der Waals surface area contributed by atoms with E-state index in [0.717, 1.165) is 67.3 Å². The van der Waals surface area contributed by atoms with Crippen molar-refractivity contribution in [2.45, 2.75) is 20.8 Å². The van der Waals surface area contributed by atoms with Crippen LogP contribution in [-0.4, -0.2) is 25.6 Å². The summed E-state index contributed by atoms with van der Waals surface area (Å²) in [4.78, 5) is 20.3. The zero-order valence-electron chi connectivity index (χ0n) is 22.8. The molecule has 4 aromatic rings. The molecule has 3 aliphatic heterocycles. The van der Waals surface area contributed by atoms with Crippen LogP contribution in [0.3, 0.4) is 0 Å². The van der Waals surface area contributed by atoms with E-state index in [9.17, 15) is 4.39 Å². The first-order valence-electron chi connectivity index (χ1n) is 13.1. The fourth-order valence-electron chi connectivity index (χ4n) is 4.60. The highest BCUT2D eigenvalue weighted by Gasteiger charge is 2.23. The third-order valence-corrected chi connectivity index (χ3v) is 6.98. The number of nitrogens with one attached hydrogen (secondary N) is 2. The number of H-pyrrole nitrogens is 2. The number of allylic oxidation sites excluding steroid dienone is 3. The molecule has 5 nitrogen and oxygen atoms in total. The maximum absolute atomic E-state index is 12.8. The van der Waals surface area contributed by atoms with Crippen LogP contribution < -0.4 is 12.4 Å². The Morgan fingerprint density at radius 2 is 1.05 bits per heavy atom. The van der Waals surface area contributed by atoms with Crippen LogP contribution in [0.15, 0.2) is 94.5 Å². The lowest BCUT2D eigenvalue weighted by Crippen LogP contribution is -3.00. The monoisotopic (exact) mass is 559 g/mol. The molecule has 3 aromatic heterocycles. The number of hydrogen-bond donors (Lipinski definition) is 2. The van der Waals surface area contributed by atoms with Crippen molar-refractivity contribution in [1.82, 2.24) is 19.9 Å². The van der Waals surface area contributed by atoms with Crippen LogP contribution in [0.5, 0.6) is 0 Å². The molecular weight excluding hydrogens is 533 g/mol. The number of aromatic amines is 2. The zero-order valence-corrected chi connectivity index (χ0v) is 23.6. The van der Waals surface area contributed by atoms with Crippen molar-refractivity contribution in [2.24, 2.45) is 4.99 Å². The third-order valence-electron chi connectivity index (χ3n) is 6.98. The quantitative estimate of drug-likeness (QED) is 0.267. The number of hydrogen-bond acceptors (Lipinski definition) is 3. The Balaban J connectivity index is 0.000000175. The van der Waals surface area contributed by atoms with Gasteiger partial charge in [-0.3, -0.25) is 0 Å². The summed E-state index contributed by atoms with van der Waals surface area (Å²) in [6.07, 6.45) is 11.0. The summed E-state index contributed by atoms with van der Waals surface area (Å²) in [5, 5.41) is 0. The number of benzene rings is 1. The van der Waals surface area contributed by atoms with Gasteiger partial charge in [-0.2, -0.15) is 0 Å². The van der Waals surface area contributed by atoms with Crippen molar-refractivity contribution in [3.8, 4) is 0 Å². The van der Waals surface area contributed by atoms with Crippen molar-refractivity contribution < 1.29 is 16.8 Å². The van der Waals surface area contributed by atoms with Crippen LogP contribution in [0.25, 0.3) is 46.4 Å². The third kappa shape index (κ3) is 6.30. The lowest BCUT2D eigenvalue weighted by Gasteiger charge is -2.05. The van der Waals surface area contributed by atoms with E-state index in [-0.39, 0.29) is 18.2 Å². The van der Waals surface area contributed by atoms with Gasteiger partial charge >= 0.3 is 0 Å². The standard InChI is InChI=1S/C20H14N4.C14H13FN.ClH/c1-2-14-10-16-5-6-18(23-16)12-20-8-7-19(24-20)11-17-4-3-15(22-17)9-13(1)21-14;1-9-8-16-14(11(3)10(9)2)12-4-6-13(15)7-5-12;/h1-12,21-22H;4-7H,1-3H3;1H/q;+1;/p-1. The van der Waals surface area contributed by atoms with Gasteiger partial charge in [-0.05, 0) is 111 Å². The predicted molar refractivity (Wildman–Crippen MR) is 163 cm³/mol. The van der Waals surface area contributed by atoms with Crippen LogP contribution in [0, 0.1) is 12.0 Å². The molecule has 0 atom stereocenters. The van der Waals surface area contributed by atoms with Gasteiger partial charge in [-0.1, -0.05) is 4.99 Å². The average molecular weight is 560 g/mol. The Hall–Kier alpha value is -4.90. The molecule has 7 heteroatoms. The molecule has 0 saturated heterocycles. The molecule has 3 aliphatic rings. The Labute approximate surface area is 244 Å². The van der Waals surface area contributed by atoms with Crippen molar-refractivity contribution in [1.29, 1.82) is 0 Å². The number of nitrogens with zero attached hydrogens (tertiary/aromatic N) is 3. The molecule has 202 valence electrons. The summed E-state index contributed by atoms with van der Waals surface area (Å²) in [6.45, 7) is 6.07. The lowest BCUT2D eigenvalue weighted by atomic mass is 9.94. The minimum absolute atomic E-state index is 0. The average Bonchev–Trinajstić information content (AvgIpc) is 3.75. The zero-order chi connectivity index (χ0) is 27.6. The maximum atomic E-state index is 12.8. The molecule has 0 amide bonds. The Kier molecular flexibility index (Phi) is 7.88. The van der Waals surface area contributed by atoms with E-state index in [1.807, 2.05) is 56.4 Å². The first-order valence-corrected chi connectivity index (χ1v) is 13.1. The first-order chi connectivity index (χ1) is 19.4. The van der Waals surface area contributed by atoms with Gasteiger partial charge in [0, 0.05) is 29.0 Å². The molecule has 0 fully saturated rings. The van der Waals surface area contributed by atoms with Crippen molar-refractivity contribution in [2.75, 3.05) is 0 Å². The van der Waals surface area contributed by atoms with Gasteiger partial charge in [-0.15, -0.1) is 0 Å². The summed E-state index contributed by atoms with van der Waals surface area (Å²) in [5.41, 5.74) is 13.0. The molecule has 2 N–H and O–H groups in total. The van der Waals surface area contributed by atoms with E-state index in [1.54, 1.807) is 12.1 Å². The second kappa shape index (κ2) is 11.7. The minimum atomic E-state index is -0.228. The Bertz CT molecular complexity index is 1850. The van der Waals surface area contributed by atoms with Gasteiger partial charge in [-0.25, -0.2) is 14.4 Å². The maximum Gasteiger partial charge on any atom is 0.190 e. The highest BCUT2D eigenvalue weighted by molar-refractivity contribution is 6.13. The number of rotatable bonds is 1. The molecule has 7 rings (SSSR count). The van der Waals surface area contributed by atoms with Crippen LogP contribution in [0.1, 0.15) is 49.1 Å². The first kappa shape index (κ1) is 27.7. The fourth-order valence-corrected chi connectivity index (χ4v) is 4.60. The van der Waals surface area contributed by atoms with Gasteiger partial charge in [0.2, 0.25) is 0 Å². The summed E-state index contributed by atoms with van der Waals surface area (Å²) in [6, 6.07) is 22.8. The molecule has 1 aromatic carbocycles. The number of aromatic nitrogens is 4. The molecule has 0 aliphatic carbocycles. The van der Waals surface area contributed by atoms with E-state index in [0.29, 0.717) is 0 Å². The largest absolute Gasteiger partial charge is 1.00 e. The van der Waals surface area contributed by atoms with Gasteiger partial charge in [0.15, 0.2) is 11.9 Å². The summed E-state index contributed by atoms with van der Waals surface area (Å²) >= 11 is 0. The van der Waals surface area contributed by atoms with E-state index >= 15 is 0 Å². The van der Waals surface area contributed by atoms with E-state index in [1.165, 1.54) is 17.7 Å². The number of halogens is 2. The van der Waals surface area contributed by atoms with Crippen LogP contribution in [0.4, 0.5) is 4.39 Å². The molecule has 0 saturated carbocycles. The highest BCUT2D eigenvalue weighted by Crippen LogP contribution is 2.23. The van der Waals surface area contributed by atoms with E-state index in [2.05, 4.69) is 68.4 Å². The molecule has 0 radical (unpaired) electrons. The van der Waals surface area contributed by atoms with Crippen molar-refractivity contribution in [3.05, 3.63) is 130 Å². The van der Waals surface area contributed by atoms with E-state index in [4.69, 9.17) is 0 Å².